The molecule has 4 atom stereocenters. The molecule has 0 saturated heterocycles. The number of hydrogen-bond acceptors (Lipinski definition) is 5. The number of aliphatic hydroxyl groups is 2. The predicted octanol–water partition coefficient (Wildman–Crippen LogP) is -0.0571. The van der Waals surface area contributed by atoms with Crippen LogP contribution in [0.25, 0.3) is 0 Å². The number of nitrogens with zero attached hydrogens (tertiary/aromatic N) is 1. The highest BCUT2D eigenvalue weighted by molar-refractivity contribution is 5.05. The third kappa shape index (κ3) is 3.48. The third-order valence-corrected chi connectivity index (χ3v) is 4.00. The molecule has 124 valence electrons. The van der Waals surface area contributed by atoms with Crippen molar-refractivity contribution in [1.82, 2.24) is 9.55 Å². The van der Waals surface area contributed by atoms with E-state index in [1.165, 1.54) is 10.8 Å². The van der Waals surface area contributed by atoms with Crippen molar-refractivity contribution in [1.29, 1.82) is 0 Å². The van der Waals surface area contributed by atoms with Gasteiger partial charge in [0.1, 0.15) is 6.10 Å². The standard InChI is InChI=1S/C15H24N2O5/c1-8-6-17(14(21)16-13(8)20)10-5-9(11(18)12(10)19)7-22-15(2,3)4/h6,9-12,18-19H,5,7H2,1-4H3,(H,16,20,21)/t9-,10-,11-,12+/m0/s1. The van der Waals surface area contributed by atoms with E-state index in [2.05, 4.69) is 4.98 Å². The smallest absolute Gasteiger partial charge is 0.328 e. The number of nitrogens with one attached hydrogen (secondary N) is 1. The second-order valence-electron chi connectivity index (χ2n) is 6.95. The fraction of sp³-hybridized carbons (Fsp3) is 0.733. The van der Waals surface area contributed by atoms with Crippen LogP contribution >= 0.6 is 0 Å². The summed E-state index contributed by atoms with van der Waals surface area (Å²) in [6.07, 6.45) is -0.207. The van der Waals surface area contributed by atoms with Crippen molar-refractivity contribution in [2.75, 3.05) is 6.61 Å². The van der Waals surface area contributed by atoms with Gasteiger partial charge in [0.05, 0.1) is 24.4 Å². The van der Waals surface area contributed by atoms with E-state index in [0.29, 0.717) is 18.6 Å². The number of rotatable bonds is 3. The predicted molar refractivity (Wildman–Crippen MR) is 80.9 cm³/mol. The zero-order chi connectivity index (χ0) is 16.7. The Morgan fingerprint density at radius 2 is 1.95 bits per heavy atom. The average Bonchev–Trinajstić information content (AvgIpc) is 2.68. The molecule has 1 aromatic heterocycles. The third-order valence-electron chi connectivity index (χ3n) is 4.00. The molecule has 1 heterocycles. The van der Waals surface area contributed by atoms with Gasteiger partial charge in [-0.2, -0.15) is 0 Å². The maximum absolute atomic E-state index is 11.9. The maximum atomic E-state index is 11.9. The highest BCUT2D eigenvalue weighted by Crippen LogP contribution is 2.35. The van der Waals surface area contributed by atoms with Gasteiger partial charge in [-0.3, -0.25) is 14.3 Å². The lowest BCUT2D eigenvalue weighted by Gasteiger charge is -2.23. The second kappa shape index (κ2) is 5.98. The van der Waals surface area contributed by atoms with E-state index in [1.807, 2.05) is 20.8 Å². The summed E-state index contributed by atoms with van der Waals surface area (Å²) in [5, 5.41) is 20.4. The van der Waals surface area contributed by atoms with Crippen LogP contribution in [0.5, 0.6) is 0 Å². The average molecular weight is 312 g/mol. The van der Waals surface area contributed by atoms with E-state index in [0.717, 1.165) is 0 Å². The van der Waals surface area contributed by atoms with Gasteiger partial charge in [0.2, 0.25) is 0 Å². The molecule has 0 unspecified atom stereocenters. The van der Waals surface area contributed by atoms with Gasteiger partial charge in [-0.05, 0) is 34.1 Å². The van der Waals surface area contributed by atoms with Gasteiger partial charge in [0.15, 0.2) is 0 Å². The summed E-state index contributed by atoms with van der Waals surface area (Å²) in [6.45, 7) is 7.64. The van der Waals surface area contributed by atoms with E-state index in [1.54, 1.807) is 6.92 Å². The molecule has 0 bridgehead atoms. The summed E-state index contributed by atoms with van der Waals surface area (Å²) in [6, 6.07) is -0.577. The molecule has 2 rings (SSSR count). The zero-order valence-corrected chi connectivity index (χ0v) is 13.4. The molecule has 0 spiro atoms. The zero-order valence-electron chi connectivity index (χ0n) is 13.4. The minimum Gasteiger partial charge on any atom is -0.390 e. The van der Waals surface area contributed by atoms with Gasteiger partial charge >= 0.3 is 5.69 Å². The molecule has 7 nitrogen and oxygen atoms in total. The molecule has 22 heavy (non-hydrogen) atoms. The molecule has 0 radical (unpaired) electrons. The number of hydrogen-bond donors (Lipinski definition) is 3. The van der Waals surface area contributed by atoms with Gasteiger partial charge in [-0.15, -0.1) is 0 Å². The van der Waals surface area contributed by atoms with E-state index < -0.39 is 29.5 Å². The van der Waals surface area contributed by atoms with Crippen LogP contribution in [0.4, 0.5) is 0 Å². The first-order valence-corrected chi connectivity index (χ1v) is 7.42. The van der Waals surface area contributed by atoms with Crippen molar-refractivity contribution in [2.24, 2.45) is 5.92 Å². The molecule has 1 fully saturated rings. The van der Waals surface area contributed by atoms with Crippen LogP contribution < -0.4 is 11.2 Å². The van der Waals surface area contributed by atoms with Crippen molar-refractivity contribution in [3.63, 3.8) is 0 Å². The van der Waals surface area contributed by atoms with Crippen LogP contribution in [-0.4, -0.2) is 44.2 Å². The molecule has 1 saturated carbocycles. The van der Waals surface area contributed by atoms with Crippen LogP contribution in [0.2, 0.25) is 0 Å². The van der Waals surface area contributed by atoms with Crippen LogP contribution in [0.3, 0.4) is 0 Å². The molecule has 0 amide bonds. The Morgan fingerprint density at radius 1 is 1.32 bits per heavy atom. The van der Waals surface area contributed by atoms with Crippen LogP contribution in [0.1, 0.15) is 38.8 Å². The summed E-state index contributed by atoms with van der Waals surface area (Å²) in [7, 11) is 0. The monoisotopic (exact) mass is 312 g/mol. The fourth-order valence-corrected chi connectivity index (χ4v) is 2.73. The lowest BCUT2D eigenvalue weighted by Crippen LogP contribution is -2.38. The first kappa shape index (κ1) is 16.9. The van der Waals surface area contributed by atoms with Gasteiger partial charge in [-0.1, -0.05) is 0 Å². The van der Waals surface area contributed by atoms with Crippen molar-refractivity contribution < 1.29 is 14.9 Å². The summed E-state index contributed by atoms with van der Waals surface area (Å²) in [5.74, 6) is -0.265. The topological polar surface area (TPSA) is 105 Å². The SMILES string of the molecule is Cc1cn([C@H]2C[C@@H](COC(C)(C)C)[C@H](O)[C@@H]2O)c(=O)[nH]c1=O. The molecular weight excluding hydrogens is 288 g/mol. The molecular formula is C15H24N2O5. The normalized spacial score (nSPS) is 29.0. The highest BCUT2D eigenvalue weighted by atomic mass is 16.5. The Balaban J connectivity index is 2.22. The van der Waals surface area contributed by atoms with E-state index in [9.17, 15) is 19.8 Å². The molecule has 1 aromatic rings. The maximum Gasteiger partial charge on any atom is 0.328 e. The summed E-state index contributed by atoms with van der Waals surface area (Å²) >= 11 is 0. The lowest BCUT2D eigenvalue weighted by atomic mass is 10.1. The first-order chi connectivity index (χ1) is 10.1. The number of aromatic amines is 1. The van der Waals surface area contributed by atoms with E-state index in [4.69, 9.17) is 4.74 Å². The summed E-state index contributed by atoms with van der Waals surface area (Å²) < 4.78 is 6.97. The van der Waals surface area contributed by atoms with Gasteiger partial charge in [-0.25, -0.2) is 4.79 Å². The quantitative estimate of drug-likeness (QED) is 0.725. The minimum atomic E-state index is -1.07. The van der Waals surface area contributed by atoms with Crippen molar-refractivity contribution in [3.05, 3.63) is 32.6 Å². The Morgan fingerprint density at radius 3 is 2.55 bits per heavy atom. The minimum absolute atomic E-state index is 0.265. The van der Waals surface area contributed by atoms with Gasteiger partial charge in [0.25, 0.3) is 5.56 Å². The second-order valence-corrected chi connectivity index (χ2v) is 6.95. The summed E-state index contributed by atoms with van der Waals surface area (Å²) in [4.78, 5) is 25.6. The van der Waals surface area contributed by atoms with Crippen LogP contribution in [0.15, 0.2) is 15.8 Å². The van der Waals surface area contributed by atoms with E-state index in [-0.39, 0.29) is 11.5 Å². The molecule has 7 heteroatoms. The van der Waals surface area contributed by atoms with Crippen LogP contribution in [0, 0.1) is 12.8 Å². The number of aliphatic hydroxyl groups excluding tert-OH is 2. The Bertz CT molecular complexity index is 643. The molecule has 0 aliphatic heterocycles. The molecule has 1 aliphatic rings. The first-order valence-electron chi connectivity index (χ1n) is 7.42. The number of aromatic nitrogens is 2. The Hall–Kier alpha value is -1.44. The summed E-state index contributed by atoms with van der Waals surface area (Å²) in [5.41, 5.74) is -0.976. The number of ether oxygens (including phenoxy) is 1. The van der Waals surface area contributed by atoms with Crippen LogP contribution in [-0.2, 0) is 4.74 Å². The molecule has 3 N–H and O–H groups in total. The van der Waals surface area contributed by atoms with Gasteiger partial charge < -0.3 is 14.9 Å². The van der Waals surface area contributed by atoms with E-state index >= 15 is 0 Å². The number of aryl methyl sites for hydroxylation is 1. The van der Waals surface area contributed by atoms with Crippen molar-refractivity contribution in [3.8, 4) is 0 Å². The Labute approximate surface area is 128 Å². The van der Waals surface area contributed by atoms with Crippen molar-refractivity contribution in [2.45, 2.75) is 58.0 Å². The van der Waals surface area contributed by atoms with Crippen molar-refractivity contribution >= 4 is 0 Å². The van der Waals surface area contributed by atoms with Gasteiger partial charge in [0, 0.05) is 17.7 Å². The highest BCUT2D eigenvalue weighted by Gasteiger charge is 2.43. The Kier molecular flexibility index (Phi) is 4.60. The molecule has 0 aromatic carbocycles. The number of H-pyrrole nitrogens is 1. The largest absolute Gasteiger partial charge is 0.390 e. The fourth-order valence-electron chi connectivity index (χ4n) is 2.73. The molecule has 1 aliphatic carbocycles. The lowest BCUT2D eigenvalue weighted by molar-refractivity contribution is -0.0570.